The molecule has 140 valence electrons. The molecule has 2 aromatic carbocycles. The van der Waals surface area contributed by atoms with E-state index in [2.05, 4.69) is 22.3 Å². The molecule has 1 saturated carbocycles. The summed E-state index contributed by atoms with van der Waals surface area (Å²) in [6.07, 6.45) is 2.77. The molecule has 0 aliphatic heterocycles. The van der Waals surface area contributed by atoms with Gasteiger partial charge in [-0.25, -0.2) is 0 Å². The highest BCUT2D eigenvalue weighted by Gasteiger charge is 2.43. The molecule has 0 radical (unpaired) electrons. The average molecular weight is 373 g/mol. The van der Waals surface area contributed by atoms with Crippen LogP contribution in [0.5, 0.6) is 0 Å². The maximum absolute atomic E-state index is 10.7. The van der Waals surface area contributed by atoms with Crippen LogP contribution in [0.25, 0.3) is 0 Å². The third kappa shape index (κ3) is 4.06. The van der Waals surface area contributed by atoms with Gasteiger partial charge in [0.25, 0.3) is 5.69 Å². The van der Waals surface area contributed by atoms with Crippen LogP contribution in [0.4, 0.5) is 5.69 Å². The van der Waals surface area contributed by atoms with Crippen LogP contribution in [0.2, 0.25) is 0 Å². The number of hydrogen-bond donors (Lipinski definition) is 0. The molecule has 1 aromatic heterocycles. The Kier molecular flexibility index (Phi) is 5.10. The Bertz CT molecular complexity index is 973. The van der Waals surface area contributed by atoms with Crippen molar-refractivity contribution >= 4 is 11.4 Å². The molecule has 1 aliphatic carbocycles. The van der Waals surface area contributed by atoms with Crippen LogP contribution >= 0.6 is 0 Å². The van der Waals surface area contributed by atoms with E-state index in [1.165, 1.54) is 17.7 Å². The van der Waals surface area contributed by atoms with Gasteiger partial charge in [0.15, 0.2) is 0 Å². The summed E-state index contributed by atoms with van der Waals surface area (Å²) in [7, 11) is 0. The first-order valence-corrected chi connectivity index (χ1v) is 9.12. The molecule has 2 atom stereocenters. The van der Waals surface area contributed by atoms with Crippen molar-refractivity contribution < 1.29 is 9.76 Å². The summed E-state index contributed by atoms with van der Waals surface area (Å²) in [6.45, 7) is 0.247. The third-order valence-corrected chi connectivity index (χ3v) is 4.84. The summed E-state index contributed by atoms with van der Waals surface area (Å²) in [4.78, 5) is 20.4. The summed E-state index contributed by atoms with van der Waals surface area (Å²) in [5, 5.41) is 15.2. The number of nitrogens with zero attached hydrogens (tertiary/aromatic N) is 3. The molecule has 0 saturated heterocycles. The Balaban J connectivity index is 1.49. The lowest BCUT2D eigenvalue weighted by Crippen LogP contribution is -2.08. The number of hydrogen-bond acceptors (Lipinski definition) is 5. The van der Waals surface area contributed by atoms with E-state index in [1.807, 2.05) is 36.4 Å². The second kappa shape index (κ2) is 8.00. The van der Waals surface area contributed by atoms with Crippen molar-refractivity contribution in [2.75, 3.05) is 0 Å². The van der Waals surface area contributed by atoms with Crippen molar-refractivity contribution in [1.82, 2.24) is 4.98 Å². The highest BCUT2D eigenvalue weighted by atomic mass is 16.6. The predicted octanol–water partition coefficient (Wildman–Crippen LogP) is 4.71. The van der Waals surface area contributed by atoms with Crippen LogP contribution in [0, 0.1) is 16.0 Å². The average Bonchev–Trinajstić information content (AvgIpc) is 3.53. The van der Waals surface area contributed by atoms with E-state index >= 15 is 0 Å². The first kappa shape index (κ1) is 17.9. The molecule has 4 rings (SSSR count). The van der Waals surface area contributed by atoms with E-state index in [9.17, 15) is 10.1 Å². The highest BCUT2D eigenvalue weighted by molar-refractivity contribution is 6.02. The zero-order valence-electron chi connectivity index (χ0n) is 15.1. The van der Waals surface area contributed by atoms with Crippen molar-refractivity contribution in [1.29, 1.82) is 0 Å². The number of non-ortho nitro benzene ring substituents is 1. The number of nitro benzene ring substituents is 1. The summed E-state index contributed by atoms with van der Waals surface area (Å²) in [5.41, 5.74) is 3.84. The topological polar surface area (TPSA) is 77.6 Å². The van der Waals surface area contributed by atoms with Gasteiger partial charge < -0.3 is 4.84 Å². The molecule has 6 heteroatoms. The van der Waals surface area contributed by atoms with Crippen molar-refractivity contribution in [3.8, 4) is 0 Å². The molecule has 0 bridgehead atoms. The van der Waals surface area contributed by atoms with Crippen LogP contribution in [0.15, 0.2) is 84.1 Å². The SMILES string of the molecule is O=[N+]([O-])c1ccc(CO/N=C(/c2ccccn2)[C@@H]2C[C@@H]2c2ccccc2)cc1. The first-order chi connectivity index (χ1) is 13.7. The molecule has 3 aromatic rings. The van der Waals surface area contributed by atoms with Gasteiger partial charge >= 0.3 is 0 Å². The number of aromatic nitrogens is 1. The van der Waals surface area contributed by atoms with Crippen molar-refractivity contribution in [3.05, 3.63) is 106 Å². The van der Waals surface area contributed by atoms with Crippen LogP contribution in [-0.4, -0.2) is 15.6 Å². The molecular formula is C22H19N3O3. The lowest BCUT2D eigenvalue weighted by Gasteiger charge is -2.07. The van der Waals surface area contributed by atoms with Gasteiger partial charge in [-0.1, -0.05) is 41.6 Å². The van der Waals surface area contributed by atoms with E-state index < -0.39 is 4.92 Å². The zero-order chi connectivity index (χ0) is 19.3. The minimum Gasteiger partial charge on any atom is -0.391 e. The fourth-order valence-corrected chi connectivity index (χ4v) is 3.27. The smallest absolute Gasteiger partial charge is 0.269 e. The minimum absolute atomic E-state index is 0.0603. The number of rotatable bonds is 7. The standard InChI is InChI=1S/C22H19N3O3/c26-25(27)18-11-9-16(10-12-18)15-28-24-22(21-8-4-5-13-23-21)20-14-19(20)17-6-2-1-3-7-17/h1-13,19-20H,14-15H2/b24-22+/t19-,20-/m1/s1. The molecular weight excluding hydrogens is 354 g/mol. The largest absolute Gasteiger partial charge is 0.391 e. The fourth-order valence-electron chi connectivity index (χ4n) is 3.27. The Labute approximate surface area is 162 Å². The minimum atomic E-state index is -0.418. The summed E-state index contributed by atoms with van der Waals surface area (Å²) < 4.78 is 0. The monoisotopic (exact) mass is 373 g/mol. The fraction of sp³-hybridized carbons (Fsp3) is 0.182. The Morgan fingerprint density at radius 3 is 2.50 bits per heavy atom. The van der Waals surface area contributed by atoms with E-state index in [-0.39, 0.29) is 18.2 Å². The van der Waals surface area contributed by atoms with Crippen molar-refractivity contribution in [2.45, 2.75) is 18.9 Å². The predicted molar refractivity (Wildman–Crippen MR) is 106 cm³/mol. The first-order valence-electron chi connectivity index (χ1n) is 9.12. The quantitative estimate of drug-likeness (QED) is 0.341. The second-order valence-corrected chi connectivity index (χ2v) is 6.75. The molecule has 0 N–H and O–H groups in total. The molecule has 0 spiro atoms. The molecule has 28 heavy (non-hydrogen) atoms. The summed E-state index contributed by atoms with van der Waals surface area (Å²) >= 11 is 0. The van der Waals surface area contributed by atoms with Gasteiger partial charge in [-0.3, -0.25) is 15.1 Å². The van der Waals surface area contributed by atoms with Crippen molar-refractivity contribution in [3.63, 3.8) is 0 Å². The van der Waals surface area contributed by atoms with Gasteiger partial charge in [-0.2, -0.15) is 0 Å². The Morgan fingerprint density at radius 1 is 1.07 bits per heavy atom. The summed E-state index contributed by atoms with van der Waals surface area (Å²) in [5.74, 6) is 0.694. The van der Waals surface area contributed by atoms with Gasteiger partial charge in [-0.05, 0) is 47.7 Å². The van der Waals surface area contributed by atoms with Gasteiger partial charge in [0, 0.05) is 24.2 Å². The van der Waals surface area contributed by atoms with Crippen LogP contribution in [0.1, 0.15) is 29.2 Å². The van der Waals surface area contributed by atoms with Gasteiger partial charge in [0.1, 0.15) is 12.3 Å². The maximum Gasteiger partial charge on any atom is 0.269 e. The molecule has 0 unspecified atom stereocenters. The van der Waals surface area contributed by atoms with Crippen molar-refractivity contribution in [2.24, 2.45) is 11.1 Å². The van der Waals surface area contributed by atoms with Gasteiger partial charge in [0.05, 0.1) is 10.6 Å². The van der Waals surface area contributed by atoms with Crippen LogP contribution in [0.3, 0.4) is 0 Å². The van der Waals surface area contributed by atoms with Crippen LogP contribution < -0.4 is 0 Å². The lowest BCUT2D eigenvalue weighted by molar-refractivity contribution is -0.384. The Morgan fingerprint density at radius 2 is 1.82 bits per heavy atom. The lowest BCUT2D eigenvalue weighted by atomic mass is 10.1. The number of oxime groups is 1. The Hall–Kier alpha value is -3.54. The highest BCUT2D eigenvalue weighted by Crippen LogP contribution is 2.49. The third-order valence-electron chi connectivity index (χ3n) is 4.84. The van der Waals surface area contributed by atoms with Gasteiger partial charge in [0.2, 0.25) is 0 Å². The zero-order valence-corrected chi connectivity index (χ0v) is 15.1. The van der Waals surface area contributed by atoms with Crippen LogP contribution in [-0.2, 0) is 11.4 Å². The molecule has 0 amide bonds. The molecule has 1 heterocycles. The van der Waals surface area contributed by atoms with E-state index in [4.69, 9.17) is 4.84 Å². The molecule has 6 nitrogen and oxygen atoms in total. The van der Waals surface area contributed by atoms with Gasteiger partial charge in [-0.15, -0.1) is 0 Å². The van der Waals surface area contributed by atoms with E-state index in [0.717, 1.165) is 23.4 Å². The summed E-state index contributed by atoms with van der Waals surface area (Å²) in [6, 6.07) is 22.4. The van der Waals surface area contributed by atoms with E-state index in [1.54, 1.807) is 18.3 Å². The molecule has 1 fully saturated rings. The number of benzene rings is 2. The molecule has 1 aliphatic rings. The maximum atomic E-state index is 10.7. The number of pyridine rings is 1. The normalized spacial score (nSPS) is 18.5. The number of nitro groups is 1. The van der Waals surface area contributed by atoms with E-state index in [0.29, 0.717) is 5.92 Å². The second-order valence-electron chi connectivity index (χ2n) is 6.75.